The van der Waals surface area contributed by atoms with Crippen molar-refractivity contribution in [3.63, 3.8) is 0 Å². The van der Waals surface area contributed by atoms with Crippen LogP contribution < -0.4 is 4.74 Å². The predicted molar refractivity (Wildman–Crippen MR) is 87.2 cm³/mol. The lowest BCUT2D eigenvalue weighted by molar-refractivity contribution is 0.102. The van der Waals surface area contributed by atoms with Crippen molar-refractivity contribution in [1.82, 2.24) is 20.2 Å². The molecule has 0 saturated carbocycles. The van der Waals surface area contributed by atoms with Gasteiger partial charge in [-0.1, -0.05) is 30.0 Å². The summed E-state index contributed by atoms with van der Waals surface area (Å²) in [5.74, 6) is -0.585. The molecule has 3 rings (SSSR count). The third kappa shape index (κ3) is 3.43. The Balaban J connectivity index is 1.72. The molecule has 0 saturated heterocycles. The third-order valence-corrected chi connectivity index (χ3v) is 4.17. The summed E-state index contributed by atoms with van der Waals surface area (Å²) in [6.45, 7) is 0. The van der Waals surface area contributed by atoms with Gasteiger partial charge in [0.1, 0.15) is 0 Å². The van der Waals surface area contributed by atoms with E-state index in [1.165, 1.54) is 37.1 Å². The number of ether oxygens (including phenoxy) is 1. The molecule has 2 aromatic carbocycles. The SMILES string of the molecule is COc1ccc(C(=O)CSc2nnnn2-c2ccccc2)cc1F. The molecule has 1 heterocycles. The van der Waals surface area contributed by atoms with Crippen LogP contribution in [-0.2, 0) is 0 Å². The lowest BCUT2D eigenvalue weighted by atomic mass is 10.1. The standard InChI is InChI=1S/C16H13FN4O2S/c1-23-15-8-7-11(9-13(15)17)14(22)10-24-16-18-19-20-21(16)12-5-3-2-4-6-12/h2-9H,10H2,1H3. The van der Waals surface area contributed by atoms with Crippen molar-refractivity contribution in [3.8, 4) is 11.4 Å². The molecule has 0 aliphatic heterocycles. The zero-order valence-electron chi connectivity index (χ0n) is 12.7. The molecule has 8 heteroatoms. The van der Waals surface area contributed by atoms with Crippen molar-refractivity contribution in [3.05, 3.63) is 59.9 Å². The van der Waals surface area contributed by atoms with E-state index in [4.69, 9.17) is 4.74 Å². The van der Waals surface area contributed by atoms with E-state index in [1.54, 1.807) is 4.68 Å². The minimum atomic E-state index is -0.567. The van der Waals surface area contributed by atoms with Gasteiger partial charge in [0.2, 0.25) is 5.16 Å². The largest absolute Gasteiger partial charge is 0.494 e. The number of para-hydroxylation sites is 1. The molecule has 0 radical (unpaired) electrons. The third-order valence-electron chi connectivity index (χ3n) is 3.25. The number of thioether (sulfide) groups is 1. The Kier molecular flexibility index (Phi) is 4.85. The van der Waals surface area contributed by atoms with Crippen LogP contribution in [0, 0.1) is 5.82 Å². The maximum absolute atomic E-state index is 13.7. The van der Waals surface area contributed by atoms with Gasteiger partial charge in [0, 0.05) is 5.56 Å². The molecule has 0 atom stereocenters. The molecule has 0 aliphatic carbocycles. The Morgan fingerprint density at radius 3 is 2.75 bits per heavy atom. The second kappa shape index (κ2) is 7.22. The Bertz CT molecular complexity index is 854. The van der Waals surface area contributed by atoms with Crippen LogP contribution in [0.25, 0.3) is 5.69 Å². The summed E-state index contributed by atoms with van der Waals surface area (Å²) >= 11 is 1.19. The van der Waals surface area contributed by atoms with Gasteiger partial charge < -0.3 is 4.74 Å². The number of Topliss-reactive ketones (excluding diaryl/α,β-unsaturated/α-hetero) is 1. The molecule has 0 N–H and O–H groups in total. The topological polar surface area (TPSA) is 69.9 Å². The van der Waals surface area contributed by atoms with Crippen LogP contribution in [0.5, 0.6) is 5.75 Å². The van der Waals surface area contributed by atoms with Crippen molar-refractivity contribution in [2.75, 3.05) is 12.9 Å². The van der Waals surface area contributed by atoms with E-state index in [-0.39, 0.29) is 22.8 Å². The first-order valence-corrected chi connectivity index (χ1v) is 8.01. The highest BCUT2D eigenvalue weighted by atomic mass is 32.2. The van der Waals surface area contributed by atoms with E-state index < -0.39 is 5.82 Å². The number of ketones is 1. The molecule has 6 nitrogen and oxygen atoms in total. The van der Waals surface area contributed by atoms with Crippen LogP contribution >= 0.6 is 11.8 Å². The van der Waals surface area contributed by atoms with Gasteiger partial charge in [-0.2, -0.15) is 4.68 Å². The Morgan fingerprint density at radius 1 is 1.25 bits per heavy atom. The van der Waals surface area contributed by atoms with E-state index >= 15 is 0 Å². The number of rotatable bonds is 6. The Labute approximate surface area is 141 Å². The summed E-state index contributed by atoms with van der Waals surface area (Å²) in [7, 11) is 1.37. The van der Waals surface area contributed by atoms with Gasteiger partial charge in [-0.3, -0.25) is 4.79 Å². The number of carbonyl (C=O) groups is 1. The molecule has 0 unspecified atom stereocenters. The number of benzene rings is 2. The molecule has 0 bridgehead atoms. The number of halogens is 1. The van der Waals surface area contributed by atoms with Crippen LogP contribution in [0.4, 0.5) is 4.39 Å². The first kappa shape index (κ1) is 16.1. The zero-order valence-corrected chi connectivity index (χ0v) is 13.5. The van der Waals surface area contributed by atoms with Crippen LogP contribution in [0.15, 0.2) is 53.7 Å². The monoisotopic (exact) mass is 344 g/mol. The van der Waals surface area contributed by atoms with Gasteiger partial charge in [0.15, 0.2) is 17.3 Å². The fourth-order valence-electron chi connectivity index (χ4n) is 2.05. The van der Waals surface area contributed by atoms with E-state index in [9.17, 15) is 9.18 Å². The number of carbonyl (C=O) groups excluding carboxylic acids is 1. The highest BCUT2D eigenvalue weighted by Gasteiger charge is 2.14. The molecule has 0 amide bonds. The van der Waals surface area contributed by atoms with Gasteiger partial charge in [-0.25, -0.2) is 4.39 Å². The second-order valence-electron chi connectivity index (χ2n) is 4.77. The summed E-state index contributed by atoms with van der Waals surface area (Å²) in [4.78, 5) is 12.2. The summed E-state index contributed by atoms with van der Waals surface area (Å²) in [6.07, 6.45) is 0. The predicted octanol–water partition coefficient (Wildman–Crippen LogP) is 2.79. The molecule has 0 fully saturated rings. The van der Waals surface area contributed by atoms with Crippen molar-refractivity contribution >= 4 is 17.5 Å². The number of nitrogens with zero attached hydrogens (tertiary/aromatic N) is 4. The van der Waals surface area contributed by atoms with Gasteiger partial charge in [0.25, 0.3) is 0 Å². The number of aromatic nitrogens is 4. The Hall–Kier alpha value is -2.74. The van der Waals surface area contributed by atoms with Crippen molar-refractivity contribution in [2.24, 2.45) is 0 Å². The highest BCUT2D eigenvalue weighted by molar-refractivity contribution is 7.99. The fourth-order valence-corrected chi connectivity index (χ4v) is 2.84. The molecule has 3 aromatic rings. The van der Waals surface area contributed by atoms with Gasteiger partial charge in [-0.15, -0.1) is 5.10 Å². The van der Waals surface area contributed by atoms with Crippen LogP contribution in [0.3, 0.4) is 0 Å². The quantitative estimate of drug-likeness (QED) is 0.506. The average molecular weight is 344 g/mol. The molecule has 1 aromatic heterocycles. The van der Waals surface area contributed by atoms with E-state index in [1.807, 2.05) is 30.3 Å². The zero-order chi connectivity index (χ0) is 16.9. The number of tetrazole rings is 1. The molecule has 24 heavy (non-hydrogen) atoms. The first-order chi connectivity index (χ1) is 11.7. The lowest BCUT2D eigenvalue weighted by Gasteiger charge is -2.05. The smallest absolute Gasteiger partial charge is 0.214 e. The molecule has 122 valence electrons. The maximum atomic E-state index is 13.7. The van der Waals surface area contributed by atoms with E-state index in [2.05, 4.69) is 15.5 Å². The maximum Gasteiger partial charge on any atom is 0.214 e. The minimum absolute atomic E-state index is 0.0962. The minimum Gasteiger partial charge on any atom is -0.494 e. The van der Waals surface area contributed by atoms with Crippen LogP contribution in [0.1, 0.15) is 10.4 Å². The van der Waals surface area contributed by atoms with Crippen molar-refractivity contribution in [2.45, 2.75) is 5.16 Å². The molecule has 0 spiro atoms. The first-order valence-electron chi connectivity index (χ1n) is 7.02. The highest BCUT2D eigenvalue weighted by Crippen LogP contribution is 2.22. The van der Waals surface area contributed by atoms with Crippen LogP contribution in [0.2, 0.25) is 0 Å². The average Bonchev–Trinajstić information content (AvgIpc) is 3.09. The van der Waals surface area contributed by atoms with E-state index in [0.717, 1.165) is 5.69 Å². The summed E-state index contributed by atoms with van der Waals surface area (Å²) in [6, 6.07) is 13.5. The van der Waals surface area contributed by atoms with Gasteiger partial charge >= 0.3 is 0 Å². The van der Waals surface area contributed by atoms with Crippen molar-refractivity contribution < 1.29 is 13.9 Å². The summed E-state index contributed by atoms with van der Waals surface area (Å²) in [5, 5.41) is 12.0. The van der Waals surface area contributed by atoms with E-state index in [0.29, 0.717) is 5.16 Å². The second-order valence-corrected chi connectivity index (χ2v) is 5.71. The molecular formula is C16H13FN4O2S. The summed E-state index contributed by atoms with van der Waals surface area (Å²) in [5.41, 5.74) is 1.08. The molecular weight excluding hydrogens is 331 g/mol. The van der Waals surface area contributed by atoms with Crippen molar-refractivity contribution in [1.29, 1.82) is 0 Å². The molecule has 0 aliphatic rings. The normalized spacial score (nSPS) is 10.6. The Morgan fingerprint density at radius 2 is 2.04 bits per heavy atom. The van der Waals surface area contributed by atoms with Gasteiger partial charge in [-0.05, 0) is 40.8 Å². The number of methoxy groups -OCH3 is 1. The number of hydrogen-bond acceptors (Lipinski definition) is 6. The fraction of sp³-hybridized carbons (Fsp3) is 0.125. The summed E-state index contributed by atoms with van der Waals surface area (Å²) < 4.78 is 20.1. The number of hydrogen-bond donors (Lipinski definition) is 0. The van der Waals surface area contributed by atoms with Crippen LogP contribution in [-0.4, -0.2) is 38.9 Å². The lowest BCUT2D eigenvalue weighted by Crippen LogP contribution is -2.05. The van der Waals surface area contributed by atoms with Gasteiger partial charge in [0.05, 0.1) is 18.6 Å².